The summed E-state index contributed by atoms with van der Waals surface area (Å²) in [6.45, 7) is 8.20. The molecule has 0 aliphatic carbocycles. The van der Waals surface area contributed by atoms with E-state index >= 15 is 0 Å². The normalized spacial score (nSPS) is 17.5. The molecule has 0 bridgehead atoms. The second-order valence-corrected chi connectivity index (χ2v) is 4.08. The molecule has 1 N–H and O–H groups in total. The lowest BCUT2D eigenvalue weighted by molar-refractivity contribution is -0.127. The molecular formula is C10H20N2O. The lowest BCUT2D eigenvalue weighted by Gasteiger charge is -2.16. The van der Waals surface area contributed by atoms with Gasteiger partial charge >= 0.3 is 0 Å². The van der Waals surface area contributed by atoms with E-state index in [2.05, 4.69) is 19.2 Å². The molecule has 1 fully saturated rings. The molecule has 3 nitrogen and oxygen atoms in total. The summed E-state index contributed by atoms with van der Waals surface area (Å²) in [5.41, 5.74) is 0. The van der Waals surface area contributed by atoms with Crippen LogP contribution in [0.3, 0.4) is 0 Å². The summed E-state index contributed by atoms with van der Waals surface area (Å²) in [6.07, 6.45) is 1.80. The quantitative estimate of drug-likeness (QED) is 0.643. The number of amides is 1. The van der Waals surface area contributed by atoms with Crippen LogP contribution in [0.15, 0.2) is 0 Å². The molecule has 0 saturated carbocycles. The van der Waals surface area contributed by atoms with Gasteiger partial charge in [0.15, 0.2) is 0 Å². The van der Waals surface area contributed by atoms with Crippen molar-refractivity contribution in [3.05, 3.63) is 0 Å². The molecule has 3 heteroatoms. The van der Waals surface area contributed by atoms with E-state index in [0.717, 1.165) is 39.0 Å². The Kier molecular flexibility index (Phi) is 4.22. The zero-order valence-corrected chi connectivity index (χ0v) is 8.68. The van der Waals surface area contributed by atoms with E-state index in [-0.39, 0.29) is 0 Å². The summed E-state index contributed by atoms with van der Waals surface area (Å²) in [5, 5.41) is 3.34. The first-order valence-electron chi connectivity index (χ1n) is 5.18. The van der Waals surface area contributed by atoms with Gasteiger partial charge < -0.3 is 10.2 Å². The van der Waals surface area contributed by atoms with E-state index in [1.165, 1.54) is 0 Å². The number of nitrogens with zero attached hydrogens (tertiary/aromatic N) is 1. The van der Waals surface area contributed by atoms with Crippen LogP contribution < -0.4 is 5.32 Å². The van der Waals surface area contributed by atoms with E-state index in [1.807, 2.05) is 4.90 Å². The molecule has 1 saturated heterocycles. The summed E-state index contributed by atoms with van der Waals surface area (Å²) in [7, 11) is 0. The first kappa shape index (κ1) is 10.5. The maximum atomic E-state index is 11.2. The van der Waals surface area contributed by atoms with E-state index in [1.54, 1.807) is 0 Å². The molecule has 0 radical (unpaired) electrons. The van der Waals surface area contributed by atoms with Crippen LogP contribution in [0.4, 0.5) is 0 Å². The molecule has 76 valence electrons. The number of rotatable bonds is 5. The van der Waals surface area contributed by atoms with E-state index < -0.39 is 0 Å². The highest BCUT2D eigenvalue weighted by molar-refractivity contribution is 5.78. The van der Waals surface area contributed by atoms with Gasteiger partial charge in [-0.05, 0) is 18.9 Å². The zero-order chi connectivity index (χ0) is 9.68. The van der Waals surface area contributed by atoms with Crippen LogP contribution in [0.1, 0.15) is 26.7 Å². The van der Waals surface area contributed by atoms with Crippen LogP contribution in [0.5, 0.6) is 0 Å². The maximum Gasteiger partial charge on any atom is 0.222 e. The Hall–Kier alpha value is -0.570. The number of hydrogen-bond donors (Lipinski definition) is 1. The van der Waals surface area contributed by atoms with Crippen molar-refractivity contribution in [2.75, 3.05) is 26.2 Å². The Morgan fingerprint density at radius 3 is 2.85 bits per heavy atom. The van der Waals surface area contributed by atoms with Crippen molar-refractivity contribution in [2.24, 2.45) is 5.92 Å². The molecule has 0 aromatic rings. The highest BCUT2D eigenvalue weighted by atomic mass is 16.2. The van der Waals surface area contributed by atoms with Gasteiger partial charge in [-0.1, -0.05) is 13.8 Å². The predicted molar refractivity (Wildman–Crippen MR) is 53.5 cm³/mol. The van der Waals surface area contributed by atoms with Crippen molar-refractivity contribution in [1.82, 2.24) is 10.2 Å². The van der Waals surface area contributed by atoms with E-state index in [0.29, 0.717) is 11.8 Å². The third-order valence-corrected chi connectivity index (χ3v) is 2.28. The van der Waals surface area contributed by atoms with Gasteiger partial charge in [0.05, 0.1) is 0 Å². The maximum absolute atomic E-state index is 11.2. The monoisotopic (exact) mass is 184 g/mol. The molecule has 0 atom stereocenters. The average molecular weight is 184 g/mol. The van der Waals surface area contributed by atoms with Gasteiger partial charge in [-0.15, -0.1) is 0 Å². The second kappa shape index (κ2) is 5.22. The van der Waals surface area contributed by atoms with Crippen LogP contribution in [0, 0.1) is 5.92 Å². The van der Waals surface area contributed by atoms with Crippen molar-refractivity contribution in [3.63, 3.8) is 0 Å². The van der Waals surface area contributed by atoms with Crippen LogP contribution in [0.2, 0.25) is 0 Å². The molecule has 1 amide bonds. The van der Waals surface area contributed by atoms with Crippen LogP contribution >= 0.6 is 0 Å². The average Bonchev–Trinajstić information content (AvgIpc) is 2.45. The summed E-state index contributed by atoms with van der Waals surface area (Å²) < 4.78 is 0. The highest BCUT2D eigenvalue weighted by Gasteiger charge is 2.18. The number of carbonyl (C=O) groups excluding carboxylic acids is 1. The first-order valence-corrected chi connectivity index (χ1v) is 5.18. The molecule has 1 rings (SSSR count). The Morgan fingerprint density at radius 1 is 1.54 bits per heavy atom. The van der Waals surface area contributed by atoms with Crippen molar-refractivity contribution >= 4 is 5.91 Å². The van der Waals surface area contributed by atoms with Crippen LogP contribution in [-0.2, 0) is 4.79 Å². The van der Waals surface area contributed by atoms with Crippen molar-refractivity contribution < 1.29 is 4.79 Å². The number of likely N-dealkylation sites (tertiary alicyclic amines) is 1. The molecule has 1 heterocycles. The Balaban J connectivity index is 2.02. The number of hydrogen-bond acceptors (Lipinski definition) is 2. The molecule has 0 unspecified atom stereocenters. The fourth-order valence-electron chi connectivity index (χ4n) is 1.55. The van der Waals surface area contributed by atoms with Crippen molar-refractivity contribution in [2.45, 2.75) is 26.7 Å². The van der Waals surface area contributed by atoms with Crippen molar-refractivity contribution in [3.8, 4) is 0 Å². The number of carbonyl (C=O) groups is 1. The van der Waals surface area contributed by atoms with Gasteiger partial charge in [0.25, 0.3) is 0 Å². The summed E-state index contributed by atoms with van der Waals surface area (Å²) in [6, 6.07) is 0. The van der Waals surface area contributed by atoms with Crippen LogP contribution in [0.25, 0.3) is 0 Å². The minimum Gasteiger partial charge on any atom is -0.341 e. The van der Waals surface area contributed by atoms with Gasteiger partial charge in [0, 0.05) is 26.1 Å². The van der Waals surface area contributed by atoms with E-state index in [9.17, 15) is 4.79 Å². The fraction of sp³-hybridized carbons (Fsp3) is 0.900. The Labute approximate surface area is 80.5 Å². The standard InChI is InChI=1S/C10H20N2O/c1-9(2)8-11-5-7-12-6-3-4-10(12)13/h9,11H,3-8H2,1-2H3. The second-order valence-electron chi connectivity index (χ2n) is 4.08. The summed E-state index contributed by atoms with van der Waals surface area (Å²) in [4.78, 5) is 13.2. The molecule has 0 spiro atoms. The highest BCUT2D eigenvalue weighted by Crippen LogP contribution is 2.07. The van der Waals surface area contributed by atoms with Gasteiger partial charge in [-0.25, -0.2) is 0 Å². The Bertz CT molecular complexity index is 168. The van der Waals surface area contributed by atoms with Crippen molar-refractivity contribution in [1.29, 1.82) is 0 Å². The minimum absolute atomic E-state index is 0.325. The van der Waals surface area contributed by atoms with Gasteiger partial charge in [0.1, 0.15) is 0 Å². The summed E-state index contributed by atoms with van der Waals surface area (Å²) in [5.74, 6) is 1.01. The third kappa shape index (κ3) is 3.77. The lowest BCUT2D eigenvalue weighted by atomic mass is 10.2. The summed E-state index contributed by atoms with van der Waals surface area (Å²) >= 11 is 0. The zero-order valence-electron chi connectivity index (χ0n) is 8.68. The minimum atomic E-state index is 0.325. The fourth-order valence-corrected chi connectivity index (χ4v) is 1.55. The number of nitrogens with one attached hydrogen (secondary N) is 1. The van der Waals surface area contributed by atoms with Gasteiger partial charge in [-0.2, -0.15) is 0 Å². The molecule has 1 aliphatic heterocycles. The van der Waals surface area contributed by atoms with E-state index in [4.69, 9.17) is 0 Å². The molecule has 0 aromatic heterocycles. The predicted octanol–water partition coefficient (Wildman–Crippen LogP) is 0.854. The molecule has 13 heavy (non-hydrogen) atoms. The lowest BCUT2D eigenvalue weighted by Crippen LogP contribution is -2.34. The smallest absolute Gasteiger partial charge is 0.222 e. The van der Waals surface area contributed by atoms with Gasteiger partial charge in [0.2, 0.25) is 5.91 Å². The Morgan fingerprint density at radius 2 is 2.31 bits per heavy atom. The van der Waals surface area contributed by atoms with Crippen LogP contribution in [-0.4, -0.2) is 37.0 Å². The topological polar surface area (TPSA) is 32.3 Å². The molecular weight excluding hydrogens is 164 g/mol. The first-order chi connectivity index (χ1) is 6.20. The van der Waals surface area contributed by atoms with Gasteiger partial charge in [-0.3, -0.25) is 4.79 Å². The SMILES string of the molecule is CC(C)CNCCN1CCCC1=O. The molecule has 0 aromatic carbocycles. The third-order valence-electron chi connectivity index (χ3n) is 2.28. The largest absolute Gasteiger partial charge is 0.341 e. The molecule has 1 aliphatic rings.